The molecular weight excluding hydrogens is 628 g/mol. The van der Waals surface area contributed by atoms with Gasteiger partial charge in [-0.05, 0) is 78.4 Å². The van der Waals surface area contributed by atoms with Crippen molar-refractivity contribution in [2.24, 2.45) is 5.41 Å². The Morgan fingerprint density at radius 2 is 1.86 bits per heavy atom. The quantitative estimate of drug-likeness (QED) is 0.211. The lowest BCUT2D eigenvalue weighted by atomic mass is 9.90. The fraction of sp³-hybridized carbons (Fsp3) is 0.433. The maximum atomic E-state index is 15.4. The number of hydrogen-bond acceptors (Lipinski definition) is 4. The summed E-state index contributed by atoms with van der Waals surface area (Å²) in [7, 11) is 0. The minimum Gasteiger partial charge on any atom is -0.378 e. The van der Waals surface area contributed by atoms with Crippen molar-refractivity contribution in [3.63, 3.8) is 0 Å². The van der Waals surface area contributed by atoms with Crippen molar-refractivity contribution in [2.75, 3.05) is 0 Å². The smallest absolute Gasteiger partial charge is 0.295 e. The number of carbonyl (C=O) groups excluding carboxylic acids is 1. The maximum absolute atomic E-state index is 15.4. The van der Waals surface area contributed by atoms with E-state index < -0.39 is 70.6 Å². The first kappa shape index (κ1) is 30.3. The van der Waals surface area contributed by atoms with E-state index in [0.29, 0.717) is 20.9 Å². The van der Waals surface area contributed by atoms with Gasteiger partial charge in [-0.25, -0.2) is 22.5 Å². The van der Waals surface area contributed by atoms with Gasteiger partial charge in [-0.1, -0.05) is 12.8 Å². The van der Waals surface area contributed by atoms with Gasteiger partial charge in [0.1, 0.15) is 40.9 Å². The molecule has 222 valence electrons. The van der Waals surface area contributed by atoms with Crippen LogP contribution in [0.2, 0.25) is 0 Å². The normalized spacial score (nSPS) is 21.0. The standard InChI is InChI=1S/C30H26BrF6N3O2/c1-28(2,42)7-6-19-4-5-22(31)24(38-19)16(8-15-9-17(32)12-18(33)10-15)11-20(41)14-40-26-23(25(39-40)27(34)35)21-13-29(21,3)30(26,36)37/h4-5,9-10,12,16,21,27,42H,8,11,13-14H2,1-3H3/t16-,21-,29-/m1/s1. The molecule has 0 saturated heterocycles. The third-order valence-corrected chi connectivity index (χ3v) is 8.46. The second-order valence-electron chi connectivity index (χ2n) is 11.6. The van der Waals surface area contributed by atoms with E-state index in [4.69, 9.17) is 0 Å². The summed E-state index contributed by atoms with van der Waals surface area (Å²) in [6, 6.07) is 6.10. The Morgan fingerprint density at radius 3 is 2.48 bits per heavy atom. The van der Waals surface area contributed by atoms with Crippen molar-refractivity contribution >= 4 is 21.7 Å². The predicted octanol–water partition coefficient (Wildman–Crippen LogP) is 6.96. The molecule has 2 aliphatic carbocycles. The van der Waals surface area contributed by atoms with Gasteiger partial charge in [0.05, 0.1) is 5.69 Å². The van der Waals surface area contributed by atoms with E-state index in [0.717, 1.165) is 12.1 Å². The third-order valence-electron chi connectivity index (χ3n) is 7.79. The maximum Gasteiger partial charge on any atom is 0.295 e. The number of hydrogen-bond donors (Lipinski definition) is 1. The number of aliphatic hydroxyl groups is 1. The van der Waals surface area contributed by atoms with Gasteiger partial charge in [0.15, 0.2) is 5.78 Å². The number of alkyl halides is 4. The van der Waals surface area contributed by atoms with Crippen LogP contribution in [0.25, 0.3) is 0 Å². The van der Waals surface area contributed by atoms with Crippen LogP contribution >= 0.6 is 15.9 Å². The average molecular weight is 654 g/mol. The zero-order valence-corrected chi connectivity index (χ0v) is 24.4. The molecule has 0 aliphatic heterocycles. The van der Waals surface area contributed by atoms with Crippen molar-refractivity contribution in [3.05, 3.63) is 80.3 Å². The lowest BCUT2D eigenvalue weighted by Crippen LogP contribution is -2.28. The van der Waals surface area contributed by atoms with Crippen molar-refractivity contribution in [3.8, 4) is 11.8 Å². The van der Waals surface area contributed by atoms with Crippen molar-refractivity contribution in [2.45, 2.75) is 76.4 Å². The number of Topliss-reactive ketones (excluding diaryl/α,β-unsaturated/α-hetero) is 1. The summed E-state index contributed by atoms with van der Waals surface area (Å²) in [5, 5.41) is 13.7. The Morgan fingerprint density at radius 1 is 1.19 bits per heavy atom. The molecule has 0 radical (unpaired) electrons. The summed E-state index contributed by atoms with van der Waals surface area (Å²) < 4.78 is 87.4. The summed E-state index contributed by atoms with van der Waals surface area (Å²) in [6.07, 6.45) is -3.43. The molecule has 0 spiro atoms. The molecule has 0 amide bonds. The SMILES string of the molecule is CC(C)(O)C#Cc1ccc(Br)c([C@@H](CC(=O)Cn2nc(C(F)F)c3c2C(F)(F)[C@]2(C)C[C@H]32)Cc2cc(F)cc(F)c2)n1. The number of rotatable bonds is 8. The van der Waals surface area contributed by atoms with Crippen LogP contribution in [0.15, 0.2) is 34.8 Å². The average Bonchev–Trinajstić information content (AvgIpc) is 3.35. The number of aromatic nitrogens is 3. The lowest BCUT2D eigenvalue weighted by Gasteiger charge is -2.22. The van der Waals surface area contributed by atoms with Gasteiger partial charge in [-0.2, -0.15) is 13.9 Å². The first-order valence-electron chi connectivity index (χ1n) is 13.2. The molecule has 42 heavy (non-hydrogen) atoms. The lowest BCUT2D eigenvalue weighted by molar-refractivity contribution is -0.120. The summed E-state index contributed by atoms with van der Waals surface area (Å²) in [4.78, 5) is 17.9. The molecule has 1 aromatic carbocycles. The first-order valence-corrected chi connectivity index (χ1v) is 13.9. The highest BCUT2D eigenvalue weighted by atomic mass is 79.9. The molecule has 0 unspecified atom stereocenters. The molecule has 1 fully saturated rings. The van der Waals surface area contributed by atoms with Crippen LogP contribution in [-0.2, 0) is 23.7 Å². The minimum atomic E-state index is -3.44. The molecule has 2 aromatic heterocycles. The molecule has 5 rings (SSSR count). The highest BCUT2D eigenvalue weighted by Gasteiger charge is 2.75. The van der Waals surface area contributed by atoms with E-state index in [-0.39, 0.29) is 36.1 Å². The fourth-order valence-electron chi connectivity index (χ4n) is 5.66. The monoisotopic (exact) mass is 653 g/mol. The Bertz CT molecular complexity index is 1620. The predicted molar refractivity (Wildman–Crippen MR) is 144 cm³/mol. The summed E-state index contributed by atoms with van der Waals surface area (Å²) in [5.41, 5.74) is -3.62. The number of nitrogens with zero attached hydrogens (tertiary/aromatic N) is 3. The molecule has 3 aromatic rings. The molecule has 5 nitrogen and oxygen atoms in total. The largest absolute Gasteiger partial charge is 0.378 e. The molecule has 0 bridgehead atoms. The van der Waals surface area contributed by atoms with Crippen molar-refractivity contribution < 1.29 is 36.2 Å². The Labute approximate surface area is 246 Å². The fourth-order valence-corrected chi connectivity index (χ4v) is 6.21. The van der Waals surface area contributed by atoms with E-state index in [2.05, 4.69) is 37.9 Å². The number of carbonyl (C=O) groups is 1. The van der Waals surface area contributed by atoms with Gasteiger partial charge in [0.25, 0.3) is 12.3 Å². The van der Waals surface area contributed by atoms with Crippen molar-refractivity contribution in [1.29, 1.82) is 0 Å². The summed E-state index contributed by atoms with van der Waals surface area (Å²) in [5.74, 6) is -1.91. The topological polar surface area (TPSA) is 68.0 Å². The van der Waals surface area contributed by atoms with Crippen LogP contribution in [0.4, 0.5) is 26.3 Å². The second kappa shape index (κ2) is 10.5. The summed E-state index contributed by atoms with van der Waals surface area (Å²) in [6.45, 7) is 3.61. The molecule has 3 atom stereocenters. The molecule has 1 saturated carbocycles. The number of ketones is 1. The van der Waals surface area contributed by atoms with Crippen LogP contribution in [0.3, 0.4) is 0 Å². The van der Waals surface area contributed by atoms with Gasteiger partial charge in [0, 0.05) is 39.8 Å². The number of fused-ring (bicyclic) bond motifs is 3. The highest BCUT2D eigenvalue weighted by Crippen LogP contribution is 2.76. The zero-order chi connectivity index (χ0) is 30.8. The van der Waals surface area contributed by atoms with E-state index >= 15 is 8.78 Å². The van der Waals surface area contributed by atoms with Crippen LogP contribution in [0.1, 0.15) is 85.8 Å². The minimum absolute atomic E-state index is 0.0605. The van der Waals surface area contributed by atoms with Crippen molar-refractivity contribution in [1.82, 2.24) is 14.8 Å². The van der Waals surface area contributed by atoms with Gasteiger partial charge in [-0.3, -0.25) is 9.48 Å². The number of halogens is 7. The van der Waals surface area contributed by atoms with Gasteiger partial charge < -0.3 is 5.11 Å². The van der Waals surface area contributed by atoms with Crippen LogP contribution in [0.5, 0.6) is 0 Å². The van der Waals surface area contributed by atoms with Gasteiger partial charge in [-0.15, -0.1) is 0 Å². The van der Waals surface area contributed by atoms with E-state index in [1.807, 2.05) is 0 Å². The van der Waals surface area contributed by atoms with E-state index in [9.17, 15) is 27.5 Å². The molecule has 2 aliphatic rings. The van der Waals surface area contributed by atoms with E-state index in [1.54, 1.807) is 12.1 Å². The zero-order valence-electron chi connectivity index (χ0n) is 22.8. The third kappa shape index (κ3) is 5.61. The van der Waals surface area contributed by atoms with Crippen LogP contribution < -0.4 is 0 Å². The Hall–Kier alpha value is -3.17. The van der Waals surface area contributed by atoms with Gasteiger partial charge >= 0.3 is 0 Å². The van der Waals surface area contributed by atoms with E-state index in [1.165, 1.54) is 20.8 Å². The number of pyridine rings is 1. The molecule has 2 heterocycles. The Kier molecular flexibility index (Phi) is 7.59. The summed E-state index contributed by atoms with van der Waals surface area (Å²) >= 11 is 3.39. The molecular formula is C30H26BrF6N3O2. The first-order chi connectivity index (χ1) is 19.5. The highest BCUT2D eigenvalue weighted by molar-refractivity contribution is 9.10. The molecule has 1 N–H and O–H groups in total. The number of benzene rings is 1. The van der Waals surface area contributed by atoms with Gasteiger partial charge in [0.2, 0.25) is 0 Å². The van der Waals surface area contributed by atoms with Crippen LogP contribution in [0, 0.1) is 28.9 Å². The Balaban J connectivity index is 1.49. The van der Waals surface area contributed by atoms with Crippen LogP contribution in [-0.4, -0.2) is 31.3 Å². The molecule has 12 heteroatoms. The second-order valence-corrected chi connectivity index (χ2v) is 12.5.